The highest BCUT2D eigenvalue weighted by molar-refractivity contribution is 5.84. The van der Waals surface area contributed by atoms with Crippen molar-refractivity contribution in [2.75, 3.05) is 13.1 Å². The number of hydrogen-bond donors (Lipinski definition) is 2. The van der Waals surface area contributed by atoms with Gasteiger partial charge in [0.05, 0.1) is 0 Å². The van der Waals surface area contributed by atoms with E-state index in [4.69, 9.17) is 5.11 Å². The van der Waals surface area contributed by atoms with Gasteiger partial charge in [-0.1, -0.05) is 0 Å². The first-order chi connectivity index (χ1) is 7.68. The number of carboxylic acid groups (broad SMARTS) is 1. The Kier molecular flexibility index (Phi) is 3.43. The third kappa shape index (κ3) is 2.72. The summed E-state index contributed by atoms with van der Waals surface area (Å²) in [5.41, 5.74) is 0. The first-order valence-electron chi connectivity index (χ1n) is 5.94. The molecule has 1 heterocycles. The Morgan fingerprint density at radius 3 is 2.69 bits per heavy atom. The maximum absolute atomic E-state index is 11.8. The minimum atomic E-state index is -0.874. The van der Waals surface area contributed by atoms with Crippen LogP contribution < -0.4 is 5.32 Å². The SMILES string of the molecule is O=C(O)C1CCCN1C(=O)CCNC1CC1. The second-order valence-corrected chi connectivity index (χ2v) is 4.56. The molecular formula is C11H18N2O3. The smallest absolute Gasteiger partial charge is 0.326 e. The van der Waals surface area contributed by atoms with Crippen LogP contribution in [-0.2, 0) is 9.59 Å². The van der Waals surface area contributed by atoms with Crippen LogP contribution in [0.15, 0.2) is 0 Å². The predicted molar refractivity (Wildman–Crippen MR) is 58.0 cm³/mol. The van der Waals surface area contributed by atoms with E-state index in [0.29, 0.717) is 32.0 Å². The second-order valence-electron chi connectivity index (χ2n) is 4.56. The van der Waals surface area contributed by atoms with E-state index in [0.717, 1.165) is 6.42 Å². The number of carbonyl (C=O) groups is 2. The molecule has 2 aliphatic rings. The van der Waals surface area contributed by atoms with E-state index in [1.54, 1.807) is 0 Å². The van der Waals surface area contributed by atoms with Crippen LogP contribution in [0.4, 0.5) is 0 Å². The molecule has 0 spiro atoms. The maximum Gasteiger partial charge on any atom is 0.326 e. The van der Waals surface area contributed by atoms with Gasteiger partial charge in [-0.25, -0.2) is 4.79 Å². The average molecular weight is 226 g/mol. The van der Waals surface area contributed by atoms with Gasteiger partial charge < -0.3 is 15.3 Å². The van der Waals surface area contributed by atoms with Gasteiger partial charge in [0.25, 0.3) is 0 Å². The molecule has 1 saturated carbocycles. The van der Waals surface area contributed by atoms with E-state index in [-0.39, 0.29) is 5.91 Å². The molecule has 5 nitrogen and oxygen atoms in total. The summed E-state index contributed by atoms with van der Waals surface area (Å²) in [5.74, 6) is -0.904. The van der Waals surface area contributed by atoms with Gasteiger partial charge in [0.2, 0.25) is 5.91 Å². The van der Waals surface area contributed by atoms with Crippen molar-refractivity contribution >= 4 is 11.9 Å². The van der Waals surface area contributed by atoms with Gasteiger partial charge in [-0.05, 0) is 25.7 Å². The highest BCUT2D eigenvalue weighted by Crippen LogP contribution is 2.20. The molecule has 0 aromatic rings. The molecule has 16 heavy (non-hydrogen) atoms. The molecule has 1 aliphatic carbocycles. The zero-order valence-corrected chi connectivity index (χ0v) is 9.32. The molecular weight excluding hydrogens is 208 g/mol. The highest BCUT2D eigenvalue weighted by Gasteiger charge is 2.33. The number of aliphatic carboxylic acids is 1. The van der Waals surface area contributed by atoms with Crippen LogP contribution >= 0.6 is 0 Å². The number of carbonyl (C=O) groups excluding carboxylic acids is 1. The van der Waals surface area contributed by atoms with Gasteiger partial charge in [0, 0.05) is 25.6 Å². The number of carboxylic acids is 1. The van der Waals surface area contributed by atoms with E-state index >= 15 is 0 Å². The third-order valence-corrected chi connectivity index (χ3v) is 3.21. The van der Waals surface area contributed by atoms with Crippen LogP contribution in [0.25, 0.3) is 0 Å². The lowest BCUT2D eigenvalue weighted by Gasteiger charge is -2.21. The molecule has 0 aromatic carbocycles. The molecule has 1 aliphatic heterocycles. The number of amides is 1. The predicted octanol–water partition coefficient (Wildman–Crippen LogP) is 0.204. The first-order valence-corrected chi connectivity index (χ1v) is 5.94. The molecule has 0 aromatic heterocycles. The van der Waals surface area contributed by atoms with E-state index in [1.807, 2.05) is 0 Å². The van der Waals surface area contributed by atoms with Crippen molar-refractivity contribution in [1.82, 2.24) is 10.2 Å². The van der Waals surface area contributed by atoms with Crippen molar-refractivity contribution < 1.29 is 14.7 Å². The van der Waals surface area contributed by atoms with Crippen LogP contribution in [0.2, 0.25) is 0 Å². The summed E-state index contributed by atoms with van der Waals surface area (Å²) in [4.78, 5) is 24.2. The fraction of sp³-hybridized carbons (Fsp3) is 0.818. The van der Waals surface area contributed by atoms with Crippen molar-refractivity contribution in [2.24, 2.45) is 0 Å². The van der Waals surface area contributed by atoms with Crippen molar-refractivity contribution in [3.63, 3.8) is 0 Å². The minimum Gasteiger partial charge on any atom is -0.480 e. The number of likely N-dealkylation sites (tertiary alicyclic amines) is 1. The van der Waals surface area contributed by atoms with E-state index in [2.05, 4.69) is 5.32 Å². The van der Waals surface area contributed by atoms with E-state index < -0.39 is 12.0 Å². The Bertz CT molecular complexity index is 289. The van der Waals surface area contributed by atoms with E-state index in [1.165, 1.54) is 17.7 Å². The number of nitrogens with zero attached hydrogens (tertiary/aromatic N) is 1. The topological polar surface area (TPSA) is 69.6 Å². The maximum atomic E-state index is 11.8. The van der Waals surface area contributed by atoms with Crippen molar-refractivity contribution in [3.05, 3.63) is 0 Å². The number of nitrogens with one attached hydrogen (secondary N) is 1. The third-order valence-electron chi connectivity index (χ3n) is 3.21. The summed E-state index contributed by atoms with van der Waals surface area (Å²) in [6.07, 6.45) is 4.22. The molecule has 1 amide bonds. The standard InChI is InChI=1S/C11H18N2O3/c14-10(5-6-12-8-3-4-8)13-7-1-2-9(13)11(15)16/h8-9,12H,1-7H2,(H,15,16). The molecule has 0 bridgehead atoms. The lowest BCUT2D eigenvalue weighted by Crippen LogP contribution is -2.41. The van der Waals surface area contributed by atoms with Crippen molar-refractivity contribution in [1.29, 1.82) is 0 Å². The van der Waals surface area contributed by atoms with Gasteiger partial charge in [0.1, 0.15) is 6.04 Å². The zero-order valence-electron chi connectivity index (χ0n) is 9.32. The Balaban J connectivity index is 1.75. The normalized spacial score (nSPS) is 24.8. The quantitative estimate of drug-likeness (QED) is 0.703. The van der Waals surface area contributed by atoms with Crippen molar-refractivity contribution in [2.45, 2.75) is 44.2 Å². The molecule has 1 unspecified atom stereocenters. The Hall–Kier alpha value is -1.10. The van der Waals surface area contributed by atoms with Gasteiger partial charge >= 0.3 is 5.97 Å². The van der Waals surface area contributed by atoms with Crippen molar-refractivity contribution in [3.8, 4) is 0 Å². The fourth-order valence-electron chi connectivity index (χ4n) is 2.14. The van der Waals surface area contributed by atoms with Gasteiger partial charge in [-0.2, -0.15) is 0 Å². The molecule has 0 radical (unpaired) electrons. The summed E-state index contributed by atoms with van der Waals surface area (Å²) in [7, 11) is 0. The Morgan fingerprint density at radius 1 is 1.31 bits per heavy atom. The first kappa shape index (κ1) is 11.4. The number of rotatable bonds is 5. The lowest BCUT2D eigenvalue weighted by molar-refractivity contribution is -0.148. The fourth-order valence-corrected chi connectivity index (χ4v) is 2.14. The van der Waals surface area contributed by atoms with Crippen LogP contribution in [0.3, 0.4) is 0 Å². The summed E-state index contributed by atoms with van der Waals surface area (Å²) in [6.45, 7) is 1.27. The Morgan fingerprint density at radius 2 is 2.06 bits per heavy atom. The number of hydrogen-bond acceptors (Lipinski definition) is 3. The summed E-state index contributed by atoms with van der Waals surface area (Å²) in [6, 6.07) is 0.00933. The summed E-state index contributed by atoms with van der Waals surface area (Å²) >= 11 is 0. The minimum absolute atomic E-state index is 0.0296. The van der Waals surface area contributed by atoms with E-state index in [9.17, 15) is 9.59 Å². The zero-order chi connectivity index (χ0) is 11.5. The molecule has 2 rings (SSSR count). The lowest BCUT2D eigenvalue weighted by atomic mass is 10.2. The highest BCUT2D eigenvalue weighted by atomic mass is 16.4. The molecule has 1 saturated heterocycles. The molecule has 5 heteroatoms. The second kappa shape index (κ2) is 4.82. The van der Waals surface area contributed by atoms with Crippen LogP contribution in [0, 0.1) is 0 Å². The van der Waals surface area contributed by atoms with Gasteiger partial charge in [-0.15, -0.1) is 0 Å². The van der Waals surface area contributed by atoms with Gasteiger partial charge in [-0.3, -0.25) is 4.79 Å². The average Bonchev–Trinajstić information content (AvgIpc) is 2.93. The summed E-state index contributed by atoms with van der Waals surface area (Å²) in [5, 5.41) is 12.2. The summed E-state index contributed by atoms with van der Waals surface area (Å²) < 4.78 is 0. The molecule has 2 fully saturated rings. The van der Waals surface area contributed by atoms with Crippen LogP contribution in [-0.4, -0.2) is 47.1 Å². The van der Waals surface area contributed by atoms with Crippen LogP contribution in [0.5, 0.6) is 0 Å². The van der Waals surface area contributed by atoms with Gasteiger partial charge in [0.15, 0.2) is 0 Å². The molecule has 90 valence electrons. The molecule has 2 N–H and O–H groups in total. The van der Waals surface area contributed by atoms with Crippen LogP contribution in [0.1, 0.15) is 32.1 Å². The largest absolute Gasteiger partial charge is 0.480 e. The Labute approximate surface area is 94.8 Å². The molecule has 1 atom stereocenters. The monoisotopic (exact) mass is 226 g/mol.